The lowest BCUT2D eigenvalue weighted by Gasteiger charge is -2.12. The van der Waals surface area contributed by atoms with Gasteiger partial charge in [0.2, 0.25) is 0 Å². The molecule has 1 atom stereocenters. The zero-order chi connectivity index (χ0) is 15.5. The van der Waals surface area contributed by atoms with Crippen LogP contribution in [-0.2, 0) is 6.42 Å². The number of phenolic OH excluding ortho intramolecular Hbond substituents is 1. The van der Waals surface area contributed by atoms with Gasteiger partial charge in [-0.2, -0.15) is 0 Å². The Bertz CT molecular complexity index is 674. The van der Waals surface area contributed by atoms with E-state index in [0.29, 0.717) is 18.7 Å². The number of ketones is 1. The normalized spacial score (nSPS) is 17.6. The molecule has 1 unspecified atom stereocenters. The highest BCUT2D eigenvalue weighted by Crippen LogP contribution is 2.19. The molecule has 1 aliphatic rings. The summed E-state index contributed by atoms with van der Waals surface area (Å²) < 4.78 is 0. The van der Waals surface area contributed by atoms with Crippen molar-refractivity contribution in [2.45, 2.75) is 19.5 Å². The van der Waals surface area contributed by atoms with Crippen LogP contribution in [0.2, 0.25) is 0 Å². The highest BCUT2D eigenvalue weighted by atomic mass is 16.3. The lowest BCUT2D eigenvalue weighted by Crippen LogP contribution is -2.25. The second-order valence-electron chi connectivity index (χ2n) is 5.54. The van der Waals surface area contributed by atoms with Crippen LogP contribution in [0.5, 0.6) is 5.75 Å². The molecule has 5 nitrogen and oxygen atoms in total. The number of hydrogen-bond donors (Lipinski definition) is 4. The molecule has 1 heterocycles. The molecule has 0 saturated carbocycles. The molecule has 5 heteroatoms. The number of aryl methyl sites for hydroxylation is 1. The number of carbonyl (C=O) groups excluding carboxylic acids is 1. The highest BCUT2D eigenvalue weighted by molar-refractivity contribution is 5.98. The fourth-order valence-corrected chi connectivity index (χ4v) is 2.65. The van der Waals surface area contributed by atoms with Gasteiger partial charge in [-0.05, 0) is 41.8 Å². The minimum Gasteiger partial charge on any atom is -0.508 e. The van der Waals surface area contributed by atoms with Gasteiger partial charge in [-0.25, -0.2) is 10.9 Å². The summed E-state index contributed by atoms with van der Waals surface area (Å²) in [6.45, 7) is 2.57. The van der Waals surface area contributed by atoms with E-state index in [-0.39, 0.29) is 17.7 Å². The molecule has 2 aromatic rings. The Hall–Kier alpha value is -2.21. The molecule has 0 amide bonds. The van der Waals surface area contributed by atoms with Crippen molar-refractivity contribution in [3.63, 3.8) is 0 Å². The van der Waals surface area contributed by atoms with E-state index in [1.165, 1.54) is 6.07 Å². The van der Waals surface area contributed by atoms with Gasteiger partial charge >= 0.3 is 0 Å². The molecule has 22 heavy (non-hydrogen) atoms. The number of phenols is 1. The molecule has 0 aromatic heterocycles. The fraction of sp³-hybridized carbons (Fsp3) is 0.235. The average Bonchev–Trinajstić information content (AvgIpc) is 3.00. The third-order valence-electron chi connectivity index (χ3n) is 3.67. The summed E-state index contributed by atoms with van der Waals surface area (Å²) in [5.74, 6) is 0.129. The first kappa shape index (κ1) is 14.7. The van der Waals surface area contributed by atoms with Crippen LogP contribution in [0.1, 0.15) is 33.2 Å². The zero-order valence-corrected chi connectivity index (χ0v) is 12.4. The van der Waals surface area contributed by atoms with Crippen LogP contribution in [0.4, 0.5) is 0 Å². The standard InChI is InChI=1S/C17H19N3O2/c1-11-5-14(9-15(21)6-11)16(22)8-12-3-2-4-13(7-12)17-18-10-19-20-17/h2-7,9,17-21H,8,10H2,1H3. The van der Waals surface area contributed by atoms with Crippen molar-refractivity contribution in [2.75, 3.05) is 6.67 Å². The van der Waals surface area contributed by atoms with Crippen LogP contribution in [-0.4, -0.2) is 17.6 Å². The molecule has 0 radical (unpaired) electrons. The number of rotatable bonds is 4. The van der Waals surface area contributed by atoms with E-state index < -0.39 is 0 Å². The van der Waals surface area contributed by atoms with Crippen LogP contribution in [0, 0.1) is 6.92 Å². The van der Waals surface area contributed by atoms with Crippen LogP contribution < -0.4 is 16.2 Å². The van der Waals surface area contributed by atoms with E-state index in [4.69, 9.17) is 0 Å². The summed E-state index contributed by atoms with van der Waals surface area (Å²) in [5, 5.41) is 12.9. The summed E-state index contributed by atoms with van der Waals surface area (Å²) in [7, 11) is 0. The van der Waals surface area contributed by atoms with Crippen molar-refractivity contribution in [1.29, 1.82) is 0 Å². The van der Waals surface area contributed by atoms with Crippen LogP contribution in [0.25, 0.3) is 0 Å². The fourth-order valence-electron chi connectivity index (χ4n) is 2.65. The molecular weight excluding hydrogens is 278 g/mol. The van der Waals surface area contributed by atoms with E-state index in [1.807, 2.05) is 31.2 Å². The minimum absolute atomic E-state index is 0.00150. The summed E-state index contributed by atoms with van der Waals surface area (Å²) >= 11 is 0. The maximum Gasteiger partial charge on any atom is 0.167 e. The van der Waals surface area contributed by atoms with E-state index >= 15 is 0 Å². The molecule has 1 aliphatic heterocycles. The quantitative estimate of drug-likeness (QED) is 0.648. The number of Topliss-reactive ketones (excluding diaryl/α,β-unsaturated/α-hetero) is 1. The maximum absolute atomic E-state index is 12.4. The largest absolute Gasteiger partial charge is 0.508 e. The third kappa shape index (κ3) is 3.33. The van der Waals surface area contributed by atoms with E-state index in [0.717, 1.165) is 16.7 Å². The first-order valence-corrected chi connectivity index (χ1v) is 7.26. The Morgan fingerprint density at radius 2 is 2.14 bits per heavy atom. The molecule has 4 N–H and O–H groups in total. The van der Waals surface area contributed by atoms with Gasteiger partial charge < -0.3 is 5.11 Å². The first-order valence-electron chi connectivity index (χ1n) is 7.26. The number of hydrogen-bond acceptors (Lipinski definition) is 5. The second kappa shape index (κ2) is 6.27. The van der Waals surface area contributed by atoms with Crippen LogP contribution in [0.15, 0.2) is 42.5 Å². The predicted molar refractivity (Wildman–Crippen MR) is 84.3 cm³/mol. The monoisotopic (exact) mass is 297 g/mol. The van der Waals surface area contributed by atoms with Gasteiger partial charge in [0.15, 0.2) is 5.78 Å². The minimum atomic E-state index is 0.00150. The molecule has 0 bridgehead atoms. The average molecular weight is 297 g/mol. The Kier molecular flexibility index (Phi) is 4.20. The van der Waals surface area contributed by atoms with Gasteiger partial charge in [0.1, 0.15) is 5.75 Å². The van der Waals surface area contributed by atoms with Crippen molar-refractivity contribution >= 4 is 5.78 Å². The molecule has 2 aromatic carbocycles. The topological polar surface area (TPSA) is 73.4 Å². The Morgan fingerprint density at radius 1 is 1.27 bits per heavy atom. The number of hydrazine groups is 1. The van der Waals surface area contributed by atoms with Crippen molar-refractivity contribution < 1.29 is 9.90 Å². The zero-order valence-electron chi connectivity index (χ0n) is 12.4. The number of nitrogens with one attached hydrogen (secondary N) is 3. The van der Waals surface area contributed by atoms with Crippen LogP contribution >= 0.6 is 0 Å². The Morgan fingerprint density at radius 3 is 2.86 bits per heavy atom. The van der Waals surface area contributed by atoms with Crippen molar-refractivity contribution in [3.8, 4) is 5.75 Å². The molecule has 3 rings (SSSR count). The molecule has 114 valence electrons. The lowest BCUT2D eigenvalue weighted by atomic mass is 9.99. The van der Waals surface area contributed by atoms with Gasteiger partial charge in [-0.15, -0.1) is 0 Å². The lowest BCUT2D eigenvalue weighted by molar-refractivity contribution is 0.0992. The van der Waals surface area contributed by atoms with Gasteiger partial charge in [0.05, 0.1) is 12.8 Å². The van der Waals surface area contributed by atoms with Gasteiger partial charge in [0, 0.05) is 12.0 Å². The summed E-state index contributed by atoms with van der Waals surface area (Å²) in [6, 6.07) is 12.9. The van der Waals surface area contributed by atoms with Crippen molar-refractivity contribution in [1.82, 2.24) is 16.2 Å². The SMILES string of the molecule is Cc1cc(O)cc(C(=O)Cc2cccc(C3NCNN3)c2)c1. The highest BCUT2D eigenvalue weighted by Gasteiger charge is 2.16. The first-order chi connectivity index (χ1) is 10.6. The molecule has 1 fully saturated rings. The van der Waals surface area contributed by atoms with Crippen LogP contribution in [0.3, 0.4) is 0 Å². The van der Waals surface area contributed by atoms with E-state index in [9.17, 15) is 9.90 Å². The number of carbonyl (C=O) groups is 1. The second-order valence-corrected chi connectivity index (χ2v) is 5.54. The number of aromatic hydroxyl groups is 1. The summed E-state index contributed by atoms with van der Waals surface area (Å²) in [4.78, 5) is 12.4. The number of benzene rings is 2. The maximum atomic E-state index is 12.4. The van der Waals surface area contributed by atoms with Gasteiger partial charge in [-0.3, -0.25) is 10.1 Å². The van der Waals surface area contributed by atoms with Gasteiger partial charge in [0.25, 0.3) is 0 Å². The third-order valence-corrected chi connectivity index (χ3v) is 3.67. The smallest absolute Gasteiger partial charge is 0.167 e. The molecule has 0 spiro atoms. The summed E-state index contributed by atoms with van der Waals surface area (Å²) in [5.41, 5.74) is 9.60. The molecular formula is C17H19N3O2. The molecule has 0 aliphatic carbocycles. The predicted octanol–water partition coefficient (Wildman–Crippen LogP) is 1.78. The molecule has 1 saturated heterocycles. The Labute approximate surface area is 129 Å². The van der Waals surface area contributed by atoms with Gasteiger partial charge in [-0.1, -0.05) is 24.3 Å². The summed E-state index contributed by atoms with van der Waals surface area (Å²) in [6.07, 6.45) is 0.370. The van der Waals surface area contributed by atoms with Crippen molar-refractivity contribution in [3.05, 3.63) is 64.7 Å². The van der Waals surface area contributed by atoms with E-state index in [1.54, 1.807) is 12.1 Å². The van der Waals surface area contributed by atoms with Crippen molar-refractivity contribution in [2.24, 2.45) is 0 Å². The van der Waals surface area contributed by atoms with E-state index in [2.05, 4.69) is 16.2 Å². The Balaban J connectivity index is 1.77.